The molecular weight excluding hydrogens is 640 g/mol. The van der Waals surface area contributed by atoms with Gasteiger partial charge in [-0.25, -0.2) is 4.79 Å². The average molecular weight is 699 g/mol. The molecule has 0 aromatic heterocycles. The van der Waals surface area contributed by atoms with Crippen LogP contribution in [-0.4, -0.2) is 126 Å². The molecule has 0 amide bonds. The molecule has 2 saturated heterocycles. The summed E-state index contributed by atoms with van der Waals surface area (Å²) < 4.78 is 41.0. The monoisotopic (exact) mass is 698 g/mol. The first-order valence-electron chi connectivity index (χ1n) is 17.2. The van der Waals surface area contributed by atoms with Crippen molar-refractivity contribution in [2.45, 2.75) is 134 Å². The fraction of sp³-hybridized carbons (Fsp3) is 0.778. The molecule has 0 bridgehead atoms. The topological polar surface area (TPSA) is 180 Å². The lowest BCUT2D eigenvalue weighted by Crippen LogP contribution is -2.63. The molecule has 0 aromatic rings. The number of carbonyl (C=O) groups is 2. The fourth-order valence-corrected chi connectivity index (χ4v) is 6.80. The van der Waals surface area contributed by atoms with Crippen LogP contribution in [0, 0.1) is 23.7 Å². The van der Waals surface area contributed by atoms with E-state index in [-0.39, 0.29) is 30.6 Å². The van der Waals surface area contributed by atoms with Crippen molar-refractivity contribution in [3.05, 3.63) is 36.5 Å². The van der Waals surface area contributed by atoms with Gasteiger partial charge in [0.05, 0.1) is 31.0 Å². The third-order valence-electron chi connectivity index (χ3n) is 9.98. The molecule has 0 aromatic carbocycles. The van der Waals surface area contributed by atoms with Gasteiger partial charge in [-0.05, 0) is 46.1 Å². The number of methoxy groups -OCH3 is 2. The van der Waals surface area contributed by atoms with Gasteiger partial charge >= 0.3 is 5.97 Å². The van der Waals surface area contributed by atoms with Crippen molar-refractivity contribution in [2.75, 3.05) is 20.8 Å². The Hall–Kier alpha value is -2.04. The Bertz CT molecular complexity index is 1160. The maximum absolute atomic E-state index is 13.1. The number of allylic oxidation sites excluding steroid dienone is 3. The molecule has 0 saturated carbocycles. The zero-order valence-electron chi connectivity index (χ0n) is 30.2. The largest absolute Gasteiger partial charge is 0.459 e. The predicted molar refractivity (Wildman–Crippen MR) is 178 cm³/mol. The average Bonchev–Trinajstić information content (AvgIpc) is 3.04. The number of aliphatic hydroxyl groups excluding tert-OH is 3. The molecule has 3 rings (SSSR count). The zero-order valence-corrected chi connectivity index (χ0v) is 30.2. The van der Waals surface area contributed by atoms with E-state index in [1.54, 1.807) is 45.1 Å². The van der Waals surface area contributed by atoms with Gasteiger partial charge in [-0.15, -0.1) is 0 Å². The molecule has 2 fully saturated rings. The van der Waals surface area contributed by atoms with Crippen LogP contribution in [-0.2, 0) is 42.7 Å². The van der Waals surface area contributed by atoms with E-state index >= 15 is 0 Å². The first-order valence-corrected chi connectivity index (χ1v) is 17.2. The van der Waals surface area contributed by atoms with Crippen molar-refractivity contribution in [1.29, 1.82) is 0 Å². The Morgan fingerprint density at radius 2 is 1.57 bits per heavy atom. The van der Waals surface area contributed by atoms with E-state index in [0.717, 1.165) is 0 Å². The molecule has 4 N–H and O–H groups in total. The highest BCUT2D eigenvalue weighted by Gasteiger charge is 2.52. The van der Waals surface area contributed by atoms with E-state index in [1.807, 2.05) is 20.8 Å². The summed E-state index contributed by atoms with van der Waals surface area (Å²) in [5.74, 6) is -2.21. The molecule has 0 radical (unpaired) electrons. The number of esters is 1. The van der Waals surface area contributed by atoms with Crippen LogP contribution in [0.3, 0.4) is 0 Å². The van der Waals surface area contributed by atoms with Crippen LogP contribution in [0.4, 0.5) is 0 Å². The molecule has 13 nitrogen and oxygen atoms in total. The summed E-state index contributed by atoms with van der Waals surface area (Å²) >= 11 is 0. The molecule has 8 unspecified atom stereocenters. The highest BCUT2D eigenvalue weighted by molar-refractivity contribution is 5.91. The molecule has 3 aliphatic heterocycles. The van der Waals surface area contributed by atoms with Gasteiger partial charge < -0.3 is 53.6 Å². The Labute approximate surface area is 290 Å². The van der Waals surface area contributed by atoms with Gasteiger partial charge in [0.2, 0.25) is 0 Å². The molecule has 0 spiro atoms. The molecule has 13 heteroatoms. The van der Waals surface area contributed by atoms with Crippen molar-refractivity contribution >= 4 is 11.8 Å². The lowest BCUT2D eigenvalue weighted by atomic mass is 9.82. The maximum atomic E-state index is 13.1. The van der Waals surface area contributed by atoms with Crippen LogP contribution in [0.1, 0.15) is 61.3 Å². The first-order chi connectivity index (χ1) is 23.0. The Balaban J connectivity index is 1.83. The summed E-state index contributed by atoms with van der Waals surface area (Å²) in [6.07, 6.45) is 0.362. The lowest BCUT2D eigenvalue weighted by Gasteiger charge is -2.47. The number of cyclic esters (lactones) is 1. The van der Waals surface area contributed by atoms with Crippen LogP contribution < -0.4 is 0 Å². The van der Waals surface area contributed by atoms with Gasteiger partial charge in [0, 0.05) is 44.5 Å². The minimum atomic E-state index is -1.84. The van der Waals surface area contributed by atoms with E-state index < -0.39 is 90.9 Å². The van der Waals surface area contributed by atoms with Gasteiger partial charge in [0.15, 0.2) is 18.4 Å². The number of hydrogen-bond acceptors (Lipinski definition) is 13. The van der Waals surface area contributed by atoms with Gasteiger partial charge in [-0.3, -0.25) is 4.79 Å². The van der Waals surface area contributed by atoms with Gasteiger partial charge in [-0.2, -0.15) is 0 Å². The standard InChI is InChI=1S/C36H58O13/c1-19-14-15-28(39)47-23(5)26(18-45-34-32(44-9)31(43-8)29(40)24(6)48-34)12-10-11-13-27(38)20(2)16-21(3)30(19)49-35-33(41)36(42,25(7)37)17-22(4)46-35/h10-15,19-26,29-35,37,40-42H,16-18H2,1-9H3/b12-10+,13-11+,15-14+/t19?,20?,21?,22-,23?,24-,25?,26?,29-,30?,31-,32-,33+,34-,35+,36?/m1/s1. The summed E-state index contributed by atoms with van der Waals surface area (Å²) in [6, 6.07) is 0. The summed E-state index contributed by atoms with van der Waals surface area (Å²) in [6.45, 7) is 12.2. The number of aliphatic hydroxyl groups is 4. The Morgan fingerprint density at radius 3 is 2.20 bits per heavy atom. The molecular formula is C36H58O13. The third-order valence-corrected chi connectivity index (χ3v) is 9.98. The smallest absolute Gasteiger partial charge is 0.330 e. The van der Waals surface area contributed by atoms with Crippen LogP contribution in [0.2, 0.25) is 0 Å². The lowest BCUT2D eigenvalue weighted by molar-refractivity contribution is -0.322. The second-order valence-electron chi connectivity index (χ2n) is 14.0. The van der Waals surface area contributed by atoms with Crippen molar-refractivity contribution in [3.63, 3.8) is 0 Å². The fourth-order valence-electron chi connectivity index (χ4n) is 6.80. The maximum Gasteiger partial charge on any atom is 0.330 e. The molecule has 49 heavy (non-hydrogen) atoms. The minimum absolute atomic E-state index is 0.0142. The predicted octanol–water partition coefficient (Wildman–Crippen LogP) is 2.23. The van der Waals surface area contributed by atoms with Gasteiger partial charge in [0.1, 0.15) is 36.1 Å². The molecule has 3 aliphatic rings. The van der Waals surface area contributed by atoms with Crippen molar-refractivity contribution in [2.24, 2.45) is 23.7 Å². The van der Waals surface area contributed by atoms with E-state index in [1.165, 1.54) is 33.3 Å². The first kappa shape index (κ1) is 41.4. The van der Waals surface area contributed by atoms with Crippen LogP contribution in [0.25, 0.3) is 0 Å². The Kier molecular flexibility index (Phi) is 15.6. The Morgan fingerprint density at radius 1 is 0.898 bits per heavy atom. The number of carbonyl (C=O) groups excluding carboxylic acids is 2. The molecule has 3 heterocycles. The van der Waals surface area contributed by atoms with Gasteiger partial charge in [0.25, 0.3) is 0 Å². The zero-order chi connectivity index (χ0) is 36.6. The van der Waals surface area contributed by atoms with Crippen molar-refractivity contribution in [3.8, 4) is 0 Å². The SMILES string of the molecule is CO[C@@H]1[C@H](O)[C@@H](C)O[C@@H](OCC2/C=C/C=C/C(=O)C(C)CC(C)C(O[C@@H]3O[C@H](C)CC(O)(C(C)O)[C@H]3O)C(C)/C=C/C(=O)OC2C)[C@@H]1OC. The van der Waals surface area contributed by atoms with Gasteiger partial charge in [-0.1, -0.05) is 45.1 Å². The van der Waals surface area contributed by atoms with Crippen LogP contribution >= 0.6 is 0 Å². The second-order valence-corrected chi connectivity index (χ2v) is 14.0. The quantitative estimate of drug-likeness (QED) is 0.272. The summed E-state index contributed by atoms with van der Waals surface area (Å²) in [7, 11) is 2.95. The highest BCUT2D eigenvalue weighted by atomic mass is 16.7. The van der Waals surface area contributed by atoms with Crippen LogP contribution in [0.5, 0.6) is 0 Å². The van der Waals surface area contributed by atoms with E-state index in [2.05, 4.69) is 0 Å². The molecule has 16 atom stereocenters. The summed E-state index contributed by atoms with van der Waals surface area (Å²) in [5, 5.41) is 42.9. The number of rotatable bonds is 8. The molecule has 0 aliphatic carbocycles. The second kappa shape index (κ2) is 18.5. The third kappa shape index (κ3) is 10.5. The number of ether oxygens (including phenoxy) is 7. The van der Waals surface area contributed by atoms with Crippen molar-refractivity contribution in [1.82, 2.24) is 0 Å². The van der Waals surface area contributed by atoms with E-state index in [4.69, 9.17) is 33.2 Å². The normalized spacial score (nSPS) is 45.7. The minimum Gasteiger partial charge on any atom is -0.459 e. The number of hydrogen-bond donors (Lipinski definition) is 4. The van der Waals surface area contributed by atoms with Crippen LogP contribution in [0.15, 0.2) is 36.5 Å². The van der Waals surface area contributed by atoms with Crippen molar-refractivity contribution < 1.29 is 63.2 Å². The van der Waals surface area contributed by atoms with E-state index in [9.17, 15) is 30.0 Å². The molecule has 280 valence electrons. The van der Waals surface area contributed by atoms with E-state index in [0.29, 0.717) is 6.42 Å². The number of ketones is 1. The summed E-state index contributed by atoms with van der Waals surface area (Å²) in [5.41, 5.74) is -1.84. The summed E-state index contributed by atoms with van der Waals surface area (Å²) in [4.78, 5) is 26.2. The highest BCUT2D eigenvalue weighted by Crippen LogP contribution is 2.36.